The van der Waals surface area contributed by atoms with E-state index >= 15 is 0 Å². The summed E-state index contributed by atoms with van der Waals surface area (Å²) in [7, 11) is 4.55. The highest BCUT2D eigenvalue weighted by molar-refractivity contribution is 6.10. The molecule has 0 saturated carbocycles. The molecular weight excluding hydrogens is 464 g/mol. The van der Waals surface area contributed by atoms with Crippen molar-refractivity contribution in [3.8, 4) is 23.0 Å². The van der Waals surface area contributed by atoms with Gasteiger partial charge in [0, 0.05) is 26.2 Å². The molecule has 36 heavy (non-hydrogen) atoms. The molecule has 1 saturated heterocycles. The summed E-state index contributed by atoms with van der Waals surface area (Å²) in [6, 6.07) is 10.2. The molecule has 1 N–H and O–H groups in total. The normalized spacial score (nSPS) is 13.6. The van der Waals surface area contributed by atoms with Crippen LogP contribution in [0, 0.1) is 0 Å². The summed E-state index contributed by atoms with van der Waals surface area (Å²) in [5.74, 6) is 1.12. The largest absolute Gasteiger partial charge is 0.493 e. The highest BCUT2D eigenvalue weighted by Gasteiger charge is 2.19. The van der Waals surface area contributed by atoms with E-state index in [1.54, 1.807) is 60.6 Å². The second-order valence-electron chi connectivity index (χ2n) is 7.91. The molecule has 0 unspecified atom stereocenters. The molecule has 9 heteroatoms. The van der Waals surface area contributed by atoms with Crippen molar-refractivity contribution in [1.29, 1.82) is 0 Å². The van der Waals surface area contributed by atoms with E-state index in [9.17, 15) is 14.4 Å². The molecule has 3 rings (SSSR count). The van der Waals surface area contributed by atoms with E-state index in [0.29, 0.717) is 41.7 Å². The van der Waals surface area contributed by atoms with Gasteiger partial charge in [-0.05, 0) is 47.5 Å². The van der Waals surface area contributed by atoms with Gasteiger partial charge in [-0.3, -0.25) is 9.59 Å². The van der Waals surface area contributed by atoms with E-state index in [1.165, 1.54) is 26.4 Å². The number of hydrogen-bond donors (Lipinski definition) is 1. The molecule has 9 nitrogen and oxygen atoms in total. The number of rotatable bonds is 10. The van der Waals surface area contributed by atoms with E-state index < -0.39 is 6.09 Å². The lowest BCUT2D eigenvalue weighted by Gasteiger charge is -2.26. The molecule has 2 aromatic carbocycles. The number of carbonyl (C=O) groups excluding carboxylic acids is 3. The smallest absolute Gasteiger partial charge is 0.415 e. The quantitative estimate of drug-likeness (QED) is 0.396. The maximum Gasteiger partial charge on any atom is 0.415 e. The number of amides is 1. The Bertz CT molecular complexity index is 1150. The van der Waals surface area contributed by atoms with Crippen LogP contribution in [0.15, 0.2) is 48.6 Å². The first-order chi connectivity index (χ1) is 17.4. The van der Waals surface area contributed by atoms with E-state index in [2.05, 4.69) is 5.32 Å². The first kappa shape index (κ1) is 26.5. The van der Waals surface area contributed by atoms with Gasteiger partial charge in [-0.15, -0.1) is 0 Å². The minimum atomic E-state index is -0.437. The molecule has 0 radical (unpaired) electrons. The fraction of sp³-hybridized carbons (Fsp3) is 0.296. The van der Waals surface area contributed by atoms with Gasteiger partial charge in [0.1, 0.15) is 0 Å². The van der Waals surface area contributed by atoms with Crippen LogP contribution >= 0.6 is 0 Å². The lowest BCUT2D eigenvalue weighted by atomic mass is 10.1. The van der Waals surface area contributed by atoms with Crippen LogP contribution in [0.3, 0.4) is 0 Å². The third kappa shape index (κ3) is 7.44. The number of methoxy groups -OCH3 is 3. The summed E-state index contributed by atoms with van der Waals surface area (Å²) in [5, 5.41) is 3.18. The summed E-state index contributed by atoms with van der Waals surface area (Å²) in [6.45, 7) is 2.59. The number of carbonyl (C=O) groups is 3. The number of benzene rings is 2. The zero-order valence-corrected chi connectivity index (χ0v) is 20.6. The fourth-order valence-corrected chi connectivity index (χ4v) is 3.50. The van der Waals surface area contributed by atoms with Crippen LogP contribution in [-0.2, 0) is 9.59 Å². The lowest BCUT2D eigenvalue weighted by Crippen LogP contribution is -2.47. The highest BCUT2D eigenvalue weighted by atomic mass is 16.6. The van der Waals surface area contributed by atoms with Crippen LogP contribution in [0.1, 0.15) is 17.5 Å². The topological polar surface area (TPSA) is 103 Å². The molecule has 1 fully saturated rings. The Kier molecular flexibility index (Phi) is 9.64. The molecule has 0 spiro atoms. The second kappa shape index (κ2) is 13.1. The Morgan fingerprint density at radius 2 is 1.28 bits per heavy atom. The molecule has 0 atom stereocenters. The lowest BCUT2D eigenvalue weighted by molar-refractivity contribution is -0.121. The summed E-state index contributed by atoms with van der Waals surface area (Å²) in [6.07, 6.45) is 5.19. The van der Waals surface area contributed by atoms with E-state index in [-0.39, 0.29) is 18.0 Å². The van der Waals surface area contributed by atoms with Gasteiger partial charge in [-0.1, -0.05) is 24.3 Å². The number of ketones is 2. The number of ether oxygens (including phenoxy) is 4. The van der Waals surface area contributed by atoms with Crippen molar-refractivity contribution in [3.05, 3.63) is 59.7 Å². The molecule has 1 heterocycles. The number of nitrogens with one attached hydrogen (secondary N) is 1. The maximum absolute atomic E-state index is 12.4. The predicted molar refractivity (Wildman–Crippen MR) is 136 cm³/mol. The molecule has 1 aliphatic heterocycles. The van der Waals surface area contributed by atoms with Crippen LogP contribution in [0.2, 0.25) is 0 Å². The van der Waals surface area contributed by atoms with E-state index in [0.717, 1.165) is 18.7 Å². The van der Waals surface area contributed by atoms with Crippen LogP contribution in [0.25, 0.3) is 12.2 Å². The van der Waals surface area contributed by atoms with Crippen molar-refractivity contribution < 1.29 is 33.3 Å². The first-order valence-electron chi connectivity index (χ1n) is 11.4. The zero-order valence-electron chi connectivity index (χ0n) is 20.6. The summed E-state index contributed by atoms with van der Waals surface area (Å²) < 4.78 is 21.3. The standard InChI is InChI=1S/C27H30N2O7/c1-33-23-10-6-19(16-25(23)34-2)4-8-21(30)18-22(31)9-5-20-7-11-24(26(17-20)35-3)36-27(32)29-14-12-28-13-15-29/h4-11,16-17,28H,12-15,18H2,1-3H3/b8-4+,9-5+. The third-order valence-electron chi connectivity index (χ3n) is 5.44. The third-order valence-corrected chi connectivity index (χ3v) is 5.44. The summed E-state index contributed by atoms with van der Waals surface area (Å²) >= 11 is 0. The van der Waals surface area contributed by atoms with Gasteiger partial charge < -0.3 is 29.2 Å². The van der Waals surface area contributed by atoms with Crippen molar-refractivity contribution in [2.75, 3.05) is 47.5 Å². The zero-order chi connectivity index (χ0) is 25.9. The van der Waals surface area contributed by atoms with Gasteiger partial charge in [-0.2, -0.15) is 0 Å². The van der Waals surface area contributed by atoms with Crippen LogP contribution in [0.4, 0.5) is 4.79 Å². The van der Waals surface area contributed by atoms with Crippen molar-refractivity contribution in [3.63, 3.8) is 0 Å². The average molecular weight is 495 g/mol. The highest BCUT2D eigenvalue weighted by Crippen LogP contribution is 2.29. The Morgan fingerprint density at radius 3 is 1.81 bits per heavy atom. The van der Waals surface area contributed by atoms with Crippen molar-refractivity contribution in [1.82, 2.24) is 10.2 Å². The minimum absolute atomic E-state index is 0.266. The van der Waals surface area contributed by atoms with Gasteiger partial charge in [0.25, 0.3) is 0 Å². The molecule has 0 aromatic heterocycles. The molecular formula is C27H30N2O7. The Hall–Kier alpha value is -4.11. The van der Waals surface area contributed by atoms with E-state index in [1.807, 2.05) is 0 Å². The summed E-state index contributed by atoms with van der Waals surface area (Å²) in [4.78, 5) is 38.5. The van der Waals surface area contributed by atoms with Crippen molar-refractivity contribution >= 4 is 29.8 Å². The van der Waals surface area contributed by atoms with Crippen LogP contribution < -0.4 is 24.3 Å². The molecule has 0 aliphatic carbocycles. The Morgan fingerprint density at radius 1 is 0.778 bits per heavy atom. The minimum Gasteiger partial charge on any atom is -0.493 e. The van der Waals surface area contributed by atoms with Crippen LogP contribution in [0.5, 0.6) is 23.0 Å². The van der Waals surface area contributed by atoms with E-state index in [4.69, 9.17) is 18.9 Å². The van der Waals surface area contributed by atoms with Gasteiger partial charge in [0.15, 0.2) is 34.6 Å². The molecule has 1 amide bonds. The second-order valence-corrected chi connectivity index (χ2v) is 7.91. The maximum atomic E-state index is 12.4. The molecule has 1 aliphatic rings. The monoisotopic (exact) mass is 494 g/mol. The number of nitrogens with zero attached hydrogens (tertiary/aromatic N) is 1. The van der Waals surface area contributed by atoms with Gasteiger partial charge in [-0.25, -0.2) is 4.79 Å². The molecule has 2 aromatic rings. The van der Waals surface area contributed by atoms with Crippen LogP contribution in [-0.4, -0.2) is 70.1 Å². The first-order valence-corrected chi connectivity index (χ1v) is 11.4. The predicted octanol–water partition coefficient (Wildman–Crippen LogP) is 3.37. The van der Waals surface area contributed by atoms with Gasteiger partial charge in [0.05, 0.1) is 27.8 Å². The number of hydrogen-bond acceptors (Lipinski definition) is 8. The average Bonchev–Trinajstić information content (AvgIpc) is 2.91. The fourth-order valence-electron chi connectivity index (χ4n) is 3.50. The molecule has 0 bridgehead atoms. The number of allylic oxidation sites excluding steroid dienone is 2. The Balaban J connectivity index is 1.56. The SMILES string of the molecule is COc1ccc(/C=C/C(=O)CC(=O)/C=C/c2ccc(OC(=O)N3CCNCC3)c(OC)c2)cc1OC. The Labute approximate surface area is 210 Å². The molecule has 190 valence electrons. The summed E-state index contributed by atoms with van der Waals surface area (Å²) in [5.41, 5.74) is 1.41. The van der Waals surface area contributed by atoms with Gasteiger partial charge in [0.2, 0.25) is 0 Å². The number of piperazine rings is 1. The van der Waals surface area contributed by atoms with Crippen molar-refractivity contribution in [2.24, 2.45) is 0 Å². The van der Waals surface area contributed by atoms with Crippen molar-refractivity contribution in [2.45, 2.75) is 6.42 Å². The van der Waals surface area contributed by atoms with Gasteiger partial charge >= 0.3 is 6.09 Å².